The second kappa shape index (κ2) is 6.62. The number of benzene rings is 1. The molecule has 0 amide bonds. The van der Waals surface area contributed by atoms with Crippen LogP contribution in [0.5, 0.6) is 0 Å². The highest BCUT2D eigenvalue weighted by Crippen LogP contribution is 2.36. The quantitative estimate of drug-likeness (QED) is 0.580. The Morgan fingerprint density at radius 3 is 2.38 bits per heavy atom. The molecule has 1 N–H and O–H groups in total. The van der Waals surface area contributed by atoms with Gasteiger partial charge in [-0.2, -0.15) is 0 Å². The van der Waals surface area contributed by atoms with Crippen LogP contribution in [0.1, 0.15) is 33.1 Å². The molecule has 0 radical (unpaired) electrons. The highest BCUT2D eigenvalue weighted by atomic mass is 16.3. The maximum Gasteiger partial charge on any atom is 0.237 e. The van der Waals surface area contributed by atoms with Crippen LogP contribution in [0.2, 0.25) is 0 Å². The standard InChI is InChI=1S/C14H19N3O.C6H4/c1-4-17(13-15-8-5-9-16-13)12-6-7-14(3,18)11(2)10-12;1-2-5-4-6(5)3-1/h1,5,8-9,11-12,18H,6-7,10H2,2-3H3;1-4H. The van der Waals surface area contributed by atoms with Crippen LogP contribution in [0, 0.1) is 18.4 Å². The van der Waals surface area contributed by atoms with Gasteiger partial charge in [0.05, 0.1) is 5.60 Å². The molecule has 3 aliphatic carbocycles. The molecule has 3 aliphatic rings. The Kier molecular flexibility index (Phi) is 4.55. The summed E-state index contributed by atoms with van der Waals surface area (Å²) < 4.78 is 0. The van der Waals surface area contributed by atoms with Gasteiger partial charge in [0.1, 0.15) is 0 Å². The highest BCUT2D eigenvalue weighted by molar-refractivity contribution is 5.80. The van der Waals surface area contributed by atoms with Crippen molar-refractivity contribution in [1.82, 2.24) is 9.97 Å². The average molecular weight is 321 g/mol. The Morgan fingerprint density at radius 2 is 1.92 bits per heavy atom. The molecule has 4 heteroatoms. The van der Waals surface area contributed by atoms with Gasteiger partial charge in [0, 0.05) is 24.5 Å². The monoisotopic (exact) mass is 321 g/mol. The summed E-state index contributed by atoms with van der Waals surface area (Å²) in [5.74, 6) is 0.787. The van der Waals surface area contributed by atoms with E-state index < -0.39 is 5.60 Å². The number of aromatic nitrogens is 2. The molecule has 4 rings (SSSR count). The Balaban J connectivity index is 0.000000231. The van der Waals surface area contributed by atoms with Crippen LogP contribution in [0.3, 0.4) is 0 Å². The van der Waals surface area contributed by atoms with E-state index in [1.54, 1.807) is 23.4 Å². The number of aliphatic hydroxyl groups is 1. The highest BCUT2D eigenvalue weighted by Gasteiger charge is 2.37. The third kappa shape index (κ3) is 3.58. The molecular formula is C20H23N3O. The molecule has 0 aliphatic heterocycles. The van der Waals surface area contributed by atoms with E-state index in [1.807, 2.05) is 6.92 Å². The molecule has 0 aromatic carbocycles. The third-order valence-electron chi connectivity index (χ3n) is 5.06. The zero-order valence-corrected chi connectivity index (χ0v) is 14.2. The molecule has 0 spiro atoms. The number of terminal acetylenes is 1. The van der Waals surface area contributed by atoms with E-state index in [9.17, 15) is 5.11 Å². The molecule has 0 saturated heterocycles. The number of fused-ring (bicyclic) bond motifs is 1. The number of hydrogen-bond acceptors (Lipinski definition) is 4. The minimum Gasteiger partial charge on any atom is -0.390 e. The van der Waals surface area contributed by atoms with E-state index in [-0.39, 0.29) is 12.0 Å². The maximum atomic E-state index is 10.2. The van der Waals surface area contributed by atoms with Gasteiger partial charge < -0.3 is 5.11 Å². The van der Waals surface area contributed by atoms with Crippen LogP contribution in [0.15, 0.2) is 42.7 Å². The zero-order valence-electron chi connectivity index (χ0n) is 14.2. The number of anilines is 1. The van der Waals surface area contributed by atoms with Crippen molar-refractivity contribution in [3.63, 3.8) is 0 Å². The van der Waals surface area contributed by atoms with Crippen LogP contribution in [0.25, 0.3) is 11.1 Å². The van der Waals surface area contributed by atoms with Gasteiger partial charge in [-0.15, -0.1) is 0 Å². The topological polar surface area (TPSA) is 49.2 Å². The van der Waals surface area contributed by atoms with Crippen molar-refractivity contribution < 1.29 is 5.11 Å². The van der Waals surface area contributed by atoms with Crippen molar-refractivity contribution in [3.05, 3.63) is 42.7 Å². The molecular weight excluding hydrogens is 298 g/mol. The molecule has 0 bridgehead atoms. The van der Waals surface area contributed by atoms with Gasteiger partial charge in [0.2, 0.25) is 5.95 Å². The molecule has 24 heavy (non-hydrogen) atoms. The van der Waals surface area contributed by atoms with Crippen molar-refractivity contribution >= 4 is 5.95 Å². The second-order valence-corrected chi connectivity index (χ2v) is 6.82. The van der Waals surface area contributed by atoms with Crippen LogP contribution in [0.4, 0.5) is 5.95 Å². The molecule has 1 heterocycles. The molecule has 3 unspecified atom stereocenters. The largest absolute Gasteiger partial charge is 0.390 e. The predicted molar refractivity (Wildman–Crippen MR) is 96.2 cm³/mol. The molecule has 1 saturated carbocycles. The van der Waals surface area contributed by atoms with Gasteiger partial charge in [-0.3, -0.25) is 4.90 Å². The smallest absolute Gasteiger partial charge is 0.237 e. The number of hydrogen-bond donors (Lipinski definition) is 1. The van der Waals surface area contributed by atoms with Crippen molar-refractivity contribution in [2.24, 2.45) is 5.92 Å². The number of nitrogens with zero attached hydrogens (tertiary/aromatic N) is 3. The van der Waals surface area contributed by atoms with Crippen LogP contribution >= 0.6 is 0 Å². The van der Waals surface area contributed by atoms with Gasteiger partial charge in [0.25, 0.3) is 0 Å². The maximum absolute atomic E-state index is 10.2. The Bertz CT molecular complexity index is 719. The van der Waals surface area contributed by atoms with Gasteiger partial charge in [-0.25, -0.2) is 9.97 Å². The summed E-state index contributed by atoms with van der Waals surface area (Å²) in [4.78, 5) is 10.2. The summed E-state index contributed by atoms with van der Waals surface area (Å²) in [6, 6.07) is 13.1. The Labute approximate surface area is 143 Å². The van der Waals surface area contributed by atoms with E-state index in [0.717, 1.165) is 19.3 Å². The molecule has 1 fully saturated rings. The van der Waals surface area contributed by atoms with Crippen LogP contribution < -0.4 is 4.90 Å². The van der Waals surface area contributed by atoms with Gasteiger partial charge in [-0.1, -0.05) is 31.5 Å². The Hall–Kier alpha value is -2.38. The van der Waals surface area contributed by atoms with Crippen molar-refractivity contribution in [1.29, 1.82) is 0 Å². The second-order valence-electron chi connectivity index (χ2n) is 6.82. The van der Waals surface area contributed by atoms with E-state index in [0.29, 0.717) is 5.95 Å². The lowest BCUT2D eigenvalue weighted by molar-refractivity contribution is -0.0286. The first-order valence-electron chi connectivity index (χ1n) is 8.36. The average Bonchev–Trinajstić information content (AvgIpc) is 3.19. The van der Waals surface area contributed by atoms with E-state index >= 15 is 0 Å². The molecule has 3 atom stereocenters. The van der Waals surface area contributed by atoms with Gasteiger partial charge in [0.15, 0.2) is 0 Å². The van der Waals surface area contributed by atoms with Gasteiger partial charge in [-0.05, 0) is 55.4 Å². The predicted octanol–water partition coefficient (Wildman–Crippen LogP) is 3.48. The van der Waals surface area contributed by atoms with Gasteiger partial charge >= 0.3 is 0 Å². The summed E-state index contributed by atoms with van der Waals surface area (Å²) in [6.07, 6.45) is 11.4. The first-order chi connectivity index (χ1) is 11.5. The first kappa shape index (κ1) is 16.5. The number of rotatable bonds is 2. The normalized spacial score (nSPS) is 26.6. The van der Waals surface area contributed by atoms with E-state index in [4.69, 9.17) is 6.42 Å². The Morgan fingerprint density at radius 1 is 1.25 bits per heavy atom. The molecule has 1 aromatic heterocycles. The summed E-state index contributed by atoms with van der Waals surface area (Å²) in [5.41, 5.74) is 2.26. The summed E-state index contributed by atoms with van der Waals surface area (Å²) >= 11 is 0. The summed E-state index contributed by atoms with van der Waals surface area (Å²) in [5, 5.41) is 10.2. The molecule has 1 aromatic rings. The van der Waals surface area contributed by atoms with E-state index in [1.165, 1.54) is 11.1 Å². The molecule has 4 nitrogen and oxygen atoms in total. The first-order valence-corrected chi connectivity index (χ1v) is 8.36. The third-order valence-corrected chi connectivity index (χ3v) is 5.06. The molecule has 124 valence electrons. The minimum atomic E-state index is -0.589. The van der Waals surface area contributed by atoms with E-state index in [2.05, 4.69) is 47.2 Å². The van der Waals surface area contributed by atoms with Crippen molar-refractivity contribution in [3.8, 4) is 23.6 Å². The summed E-state index contributed by atoms with van der Waals surface area (Å²) in [6.45, 7) is 3.96. The van der Waals surface area contributed by atoms with Crippen molar-refractivity contribution in [2.75, 3.05) is 4.90 Å². The lowest BCUT2D eigenvalue weighted by Crippen LogP contribution is -2.46. The lowest BCUT2D eigenvalue weighted by Gasteiger charge is -2.41. The van der Waals surface area contributed by atoms with Crippen LogP contribution in [-0.4, -0.2) is 26.7 Å². The summed E-state index contributed by atoms with van der Waals surface area (Å²) in [7, 11) is 0. The zero-order chi connectivity index (χ0) is 17.2. The SMILES string of the molecule is C#CN(c1ncccn1)C1CCC(C)(O)C(C)C1.c1cc2cc-2c1. The fraction of sp³-hybridized carbons (Fsp3) is 0.400. The fourth-order valence-corrected chi connectivity index (χ4v) is 3.14. The van der Waals surface area contributed by atoms with Crippen molar-refractivity contribution in [2.45, 2.75) is 44.8 Å². The van der Waals surface area contributed by atoms with Crippen LogP contribution in [-0.2, 0) is 0 Å². The lowest BCUT2D eigenvalue weighted by atomic mass is 9.75. The minimum absolute atomic E-state index is 0.202. The fourth-order valence-electron chi connectivity index (χ4n) is 3.14.